The molecule has 3 N–H and O–H groups in total. The van der Waals surface area contributed by atoms with Gasteiger partial charge in [-0.2, -0.15) is 0 Å². The third-order valence-corrected chi connectivity index (χ3v) is 2.31. The molecule has 0 saturated carbocycles. The summed E-state index contributed by atoms with van der Waals surface area (Å²) >= 11 is 0. The van der Waals surface area contributed by atoms with Gasteiger partial charge in [-0.25, -0.2) is 0 Å². The van der Waals surface area contributed by atoms with Gasteiger partial charge in [0.05, 0.1) is 6.61 Å². The molecule has 0 radical (unpaired) electrons. The van der Waals surface area contributed by atoms with E-state index in [4.69, 9.17) is 10.5 Å². The summed E-state index contributed by atoms with van der Waals surface area (Å²) in [6, 6.07) is 8.07. The number of nitrogens with one attached hydrogen (secondary N) is 1. The maximum atomic E-state index is 5.63. The molecule has 1 rings (SSSR count). The van der Waals surface area contributed by atoms with E-state index >= 15 is 0 Å². The molecule has 0 amide bonds. The summed E-state index contributed by atoms with van der Waals surface area (Å²) < 4.78 is 5.63. The van der Waals surface area contributed by atoms with Crippen molar-refractivity contribution in [3.8, 4) is 5.75 Å². The summed E-state index contributed by atoms with van der Waals surface area (Å²) in [6.07, 6.45) is 3.25. The van der Waals surface area contributed by atoms with Crippen LogP contribution in [0.25, 0.3) is 0 Å². The van der Waals surface area contributed by atoms with E-state index < -0.39 is 0 Å². The third-order valence-electron chi connectivity index (χ3n) is 2.31. The molecule has 0 fully saturated rings. The fourth-order valence-corrected chi connectivity index (χ4v) is 1.36. The molecule has 3 heteroatoms. The predicted octanol–water partition coefficient (Wildman–Crippen LogP) is 2.63. The molecule has 1 aromatic carbocycles. The van der Waals surface area contributed by atoms with Crippen molar-refractivity contribution in [2.75, 3.05) is 25.0 Å². The Balaban J connectivity index is 2.37. The van der Waals surface area contributed by atoms with Crippen LogP contribution in [0.1, 0.15) is 26.2 Å². The van der Waals surface area contributed by atoms with E-state index in [0.717, 1.165) is 50.4 Å². The average Bonchev–Trinajstić information content (AvgIpc) is 2.30. The molecule has 0 aromatic heterocycles. The summed E-state index contributed by atoms with van der Waals surface area (Å²) in [6.45, 7) is 4.59. The fourth-order valence-electron chi connectivity index (χ4n) is 1.36. The Labute approximate surface area is 98.0 Å². The largest absolute Gasteiger partial charge is 0.494 e. The van der Waals surface area contributed by atoms with Crippen molar-refractivity contribution in [2.24, 2.45) is 5.73 Å². The van der Waals surface area contributed by atoms with Crippen LogP contribution in [0, 0.1) is 0 Å². The van der Waals surface area contributed by atoms with Gasteiger partial charge in [0.25, 0.3) is 0 Å². The Morgan fingerprint density at radius 3 is 2.94 bits per heavy atom. The highest BCUT2D eigenvalue weighted by Gasteiger charge is 1.96. The topological polar surface area (TPSA) is 47.3 Å². The van der Waals surface area contributed by atoms with E-state index in [2.05, 4.69) is 12.2 Å². The lowest BCUT2D eigenvalue weighted by atomic mass is 10.3. The summed E-state index contributed by atoms with van der Waals surface area (Å²) in [5.74, 6) is 0.936. The Hall–Kier alpha value is -1.22. The Morgan fingerprint density at radius 1 is 1.31 bits per heavy atom. The second kappa shape index (κ2) is 7.99. The lowest BCUT2D eigenvalue weighted by molar-refractivity contribution is 0.309. The second-order valence-electron chi connectivity index (χ2n) is 3.80. The highest BCUT2D eigenvalue weighted by Crippen LogP contribution is 2.17. The molecule has 1 aromatic rings. The molecule has 90 valence electrons. The van der Waals surface area contributed by atoms with E-state index in [1.165, 1.54) is 0 Å². The molecule has 0 spiro atoms. The number of nitrogens with two attached hydrogens (primary N) is 1. The molecule has 0 atom stereocenters. The minimum absolute atomic E-state index is 0.722. The van der Waals surface area contributed by atoms with E-state index in [-0.39, 0.29) is 0 Å². The van der Waals surface area contributed by atoms with Crippen molar-refractivity contribution in [1.29, 1.82) is 0 Å². The molecule has 0 bridgehead atoms. The van der Waals surface area contributed by atoms with Gasteiger partial charge in [0, 0.05) is 18.3 Å². The summed E-state index contributed by atoms with van der Waals surface area (Å²) in [7, 11) is 0. The Morgan fingerprint density at radius 2 is 2.19 bits per heavy atom. The first kappa shape index (κ1) is 12.8. The van der Waals surface area contributed by atoms with Crippen LogP contribution < -0.4 is 15.8 Å². The molecule has 0 aliphatic rings. The molecular weight excluding hydrogens is 200 g/mol. The number of hydrogen-bond acceptors (Lipinski definition) is 3. The fraction of sp³-hybridized carbons (Fsp3) is 0.538. The maximum absolute atomic E-state index is 5.63. The molecule has 0 heterocycles. The maximum Gasteiger partial charge on any atom is 0.121 e. The van der Waals surface area contributed by atoms with Gasteiger partial charge < -0.3 is 15.8 Å². The minimum atomic E-state index is 0.722. The Kier molecular flexibility index (Phi) is 6.42. The van der Waals surface area contributed by atoms with Crippen LogP contribution in [-0.2, 0) is 0 Å². The van der Waals surface area contributed by atoms with Crippen molar-refractivity contribution in [2.45, 2.75) is 26.2 Å². The van der Waals surface area contributed by atoms with Gasteiger partial charge in [-0.3, -0.25) is 0 Å². The van der Waals surface area contributed by atoms with Gasteiger partial charge in [-0.1, -0.05) is 19.4 Å². The van der Waals surface area contributed by atoms with E-state index in [1.54, 1.807) is 0 Å². The highest BCUT2D eigenvalue weighted by molar-refractivity contribution is 5.48. The Bertz CT molecular complexity index is 264. The van der Waals surface area contributed by atoms with Crippen LogP contribution in [0.15, 0.2) is 24.3 Å². The quantitative estimate of drug-likeness (QED) is 0.665. The predicted molar refractivity (Wildman–Crippen MR) is 69.0 cm³/mol. The number of hydrogen-bond donors (Lipinski definition) is 2. The van der Waals surface area contributed by atoms with Crippen LogP contribution in [-0.4, -0.2) is 19.7 Å². The van der Waals surface area contributed by atoms with Crippen LogP contribution in [0.4, 0.5) is 5.69 Å². The third kappa shape index (κ3) is 5.03. The summed E-state index contributed by atoms with van der Waals surface area (Å²) in [5.41, 5.74) is 6.54. The van der Waals surface area contributed by atoms with Gasteiger partial charge in [-0.15, -0.1) is 0 Å². The zero-order chi connectivity index (χ0) is 11.6. The standard InChI is InChI=1S/C13H22N2O/c1-2-3-10-16-13-7-4-6-12(11-13)15-9-5-8-14/h4,6-7,11,15H,2-3,5,8-10,14H2,1H3. The lowest BCUT2D eigenvalue weighted by Crippen LogP contribution is -2.08. The van der Waals surface area contributed by atoms with Gasteiger partial charge in [0.2, 0.25) is 0 Å². The number of ether oxygens (including phenoxy) is 1. The number of anilines is 1. The van der Waals surface area contributed by atoms with Crippen LogP contribution in [0.5, 0.6) is 5.75 Å². The minimum Gasteiger partial charge on any atom is -0.494 e. The molecule has 16 heavy (non-hydrogen) atoms. The first-order valence-electron chi connectivity index (χ1n) is 6.03. The number of benzene rings is 1. The van der Waals surface area contributed by atoms with E-state index in [1.807, 2.05) is 24.3 Å². The van der Waals surface area contributed by atoms with Crippen molar-refractivity contribution >= 4 is 5.69 Å². The normalized spacial score (nSPS) is 10.1. The summed E-state index contributed by atoms with van der Waals surface area (Å²) in [5, 5.41) is 3.32. The first-order chi connectivity index (χ1) is 7.86. The van der Waals surface area contributed by atoms with Gasteiger partial charge in [0.1, 0.15) is 5.75 Å². The number of unbranched alkanes of at least 4 members (excludes halogenated alkanes) is 1. The van der Waals surface area contributed by atoms with Crippen LogP contribution in [0.3, 0.4) is 0 Å². The van der Waals surface area contributed by atoms with Gasteiger partial charge in [0.15, 0.2) is 0 Å². The second-order valence-corrected chi connectivity index (χ2v) is 3.80. The van der Waals surface area contributed by atoms with Crippen LogP contribution in [0.2, 0.25) is 0 Å². The number of rotatable bonds is 8. The van der Waals surface area contributed by atoms with Crippen LogP contribution >= 0.6 is 0 Å². The SMILES string of the molecule is CCCCOc1cccc(NCCCN)c1. The molecular formula is C13H22N2O. The molecule has 0 aliphatic carbocycles. The van der Waals surface area contributed by atoms with Crippen molar-refractivity contribution in [1.82, 2.24) is 0 Å². The van der Waals surface area contributed by atoms with Crippen molar-refractivity contribution in [3.05, 3.63) is 24.3 Å². The van der Waals surface area contributed by atoms with Crippen molar-refractivity contribution < 1.29 is 4.74 Å². The first-order valence-corrected chi connectivity index (χ1v) is 6.03. The molecule has 0 saturated heterocycles. The average molecular weight is 222 g/mol. The smallest absolute Gasteiger partial charge is 0.121 e. The molecule has 3 nitrogen and oxygen atoms in total. The summed E-state index contributed by atoms with van der Waals surface area (Å²) in [4.78, 5) is 0. The van der Waals surface area contributed by atoms with Gasteiger partial charge in [-0.05, 0) is 31.5 Å². The molecule has 0 aliphatic heterocycles. The molecule has 0 unspecified atom stereocenters. The van der Waals surface area contributed by atoms with E-state index in [0.29, 0.717) is 0 Å². The van der Waals surface area contributed by atoms with Crippen molar-refractivity contribution in [3.63, 3.8) is 0 Å². The zero-order valence-electron chi connectivity index (χ0n) is 10.0. The zero-order valence-corrected chi connectivity index (χ0v) is 10.0. The van der Waals surface area contributed by atoms with Gasteiger partial charge >= 0.3 is 0 Å². The monoisotopic (exact) mass is 222 g/mol. The van der Waals surface area contributed by atoms with E-state index in [9.17, 15) is 0 Å². The highest BCUT2D eigenvalue weighted by atomic mass is 16.5. The lowest BCUT2D eigenvalue weighted by Gasteiger charge is -2.09.